The molecule has 0 aliphatic carbocycles. The van der Waals surface area contributed by atoms with E-state index in [4.69, 9.17) is 22.0 Å². The normalized spacial score (nSPS) is 11.6. The maximum Gasteiger partial charge on any atom is 0.326 e. The highest BCUT2D eigenvalue weighted by Gasteiger charge is 2.17. The highest BCUT2D eigenvalue weighted by Crippen LogP contribution is 2.21. The lowest BCUT2D eigenvalue weighted by molar-refractivity contribution is -0.138. The summed E-state index contributed by atoms with van der Waals surface area (Å²) in [6.07, 6.45) is 1.25. The van der Waals surface area contributed by atoms with E-state index in [9.17, 15) is 4.79 Å². The van der Waals surface area contributed by atoms with Crippen molar-refractivity contribution in [1.82, 2.24) is 0 Å². The largest absolute Gasteiger partial charge is 0.480 e. The molecule has 0 amide bonds. The second-order valence-corrected chi connectivity index (χ2v) is 4.06. The summed E-state index contributed by atoms with van der Waals surface area (Å²) in [5.41, 5.74) is 0.845. The van der Waals surface area contributed by atoms with Crippen LogP contribution in [0.4, 0.5) is 5.69 Å². The Hall–Kier alpha value is -1.73. The van der Waals surface area contributed by atoms with Crippen LogP contribution in [0.2, 0.25) is 5.02 Å². The lowest BCUT2D eigenvalue weighted by atomic mass is 10.1. The van der Waals surface area contributed by atoms with Crippen LogP contribution < -0.4 is 5.32 Å². The van der Waals surface area contributed by atoms with Gasteiger partial charge in [-0.15, -0.1) is 0 Å². The second kappa shape index (κ2) is 6.12. The Morgan fingerprint density at radius 3 is 2.88 bits per heavy atom. The first-order valence-corrected chi connectivity index (χ1v) is 5.65. The monoisotopic (exact) mass is 252 g/mol. The molecule has 0 spiro atoms. The smallest absolute Gasteiger partial charge is 0.326 e. The quantitative estimate of drug-likeness (QED) is 0.845. The van der Waals surface area contributed by atoms with Gasteiger partial charge in [-0.1, -0.05) is 24.9 Å². The molecule has 5 heteroatoms. The molecule has 1 rings (SSSR count). The molecule has 0 fully saturated rings. The zero-order chi connectivity index (χ0) is 12.8. The Morgan fingerprint density at radius 1 is 1.65 bits per heavy atom. The lowest BCUT2D eigenvalue weighted by Gasteiger charge is -2.15. The lowest BCUT2D eigenvalue weighted by Crippen LogP contribution is -2.29. The summed E-state index contributed by atoms with van der Waals surface area (Å²) in [6.45, 7) is 1.91. The first-order chi connectivity index (χ1) is 8.08. The molecule has 0 aliphatic rings. The summed E-state index contributed by atoms with van der Waals surface area (Å²) in [5, 5.41) is 21.2. The predicted molar refractivity (Wildman–Crippen MR) is 66.1 cm³/mol. The van der Waals surface area contributed by atoms with Gasteiger partial charge < -0.3 is 10.4 Å². The number of benzene rings is 1. The Bertz CT molecular complexity index is 454. The van der Waals surface area contributed by atoms with E-state index in [0.29, 0.717) is 22.7 Å². The van der Waals surface area contributed by atoms with Crippen LogP contribution in [0.1, 0.15) is 25.3 Å². The van der Waals surface area contributed by atoms with Crippen molar-refractivity contribution in [1.29, 1.82) is 5.26 Å². The maximum absolute atomic E-state index is 11.0. The van der Waals surface area contributed by atoms with Crippen LogP contribution in [0.25, 0.3) is 0 Å². The van der Waals surface area contributed by atoms with Crippen LogP contribution in [0.15, 0.2) is 18.2 Å². The van der Waals surface area contributed by atoms with E-state index in [0.717, 1.165) is 6.42 Å². The molecule has 0 heterocycles. The fourth-order valence-corrected chi connectivity index (χ4v) is 1.64. The molecule has 0 aromatic heterocycles. The number of aliphatic carboxylic acids is 1. The number of nitriles is 1. The summed E-state index contributed by atoms with van der Waals surface area (Å²) in [7, 11) is 0. The summed E-state index contributed by atoms with van der Waals surface area (Å²) < 4.78 is 0. The zero-order valence-electron chi connectivity index (χ0n) is 9.40. The van der Waals surface area contributed by atoms with Crippen molar-refractivity contribution in [3.63, 3.8) is 0 Å². The van der Waals surface area contributed by atoms with Gasteiger partial charge >= 0.3 is 5.97 Å². The topological polar surface area (TPSA) is 73.1 Å². The Labute approximate surface area is 105 Å². The third-order valence-electron chi connectivity index (χ3n) is 2.31. The average molecular weight is 253 g/mol. The number of anilines is 1. The number of nitrogens with zero attached hydrogens (tertiary/aromatic N) is 1. The van der Waals surface area contributed by atoms with Crippen LogP contribution >= 0.6 is 11.6 Å². The first-order valence-electron chi connectivity index (χ1n) is 5.27. The van der Waals surface area contributed by atoms with Crippen molar-refractivity contribution in [2.45, 2.75) is 25.8 Å². The Kier molecular flexibility index (Phi) is 4.80. The van der Waals surface area contributed by atoms with E-state index in [-0.39, 0.29) is 0 Å². The third kappa shape index (κ3) is 3.65. The SMILES string of the molecule is CCCC(Nc1ccc(Cl)cc1C#N)C(=O)O. The first kappa shape index (κ1) is 13.3. The van der Waals surface area contributed by atoms with Gasteiger partial charge in [0.05, 0.1) is 11.3 Å². The molecule has 1 aromatic rings. The van der Waals surface area contributed by atoms with Crippen LogP contribution in [0.3, 0.4) is 0 Å². The van der Waals surface area contributed by atoms with Crippen LogP contribution in [0, 0.1) is 11.3 Å². The summed E-state index contributed by atoms with van der Waals surface area (Å²) in [6, 6.07) is 6.04. The summed E-state index contributed by atoms with van der Waals surface area (Å²) in [5.74, 6) is -0.925. The van der Waals surface area contributed by atoms with Crippen LogP contribution in [0.5, 0.6) is 0 Å². The Balaban J connectivity index is 2.93. The van der Waals surface area contributed by atoms with Crippen molar-refractivity contribution >= 4 is 23.3 Å². The molecule has 0 saturated carbocycles. The highest BCUT2D eigenvalue weighted by molar-refractivity contribution is 6.30. The summed E-state index contributed by atoms with van der Waals surface area (Å²) >= 11 is 5.76. The molecule has 0 saturated heterocycles. The Morgan fingerprint density at radius 2 is 2.35 bits per heavy atom. The number of carboxylic acid groups (broad SMARTS) is 1. The minimum atomic E-state index is -0.925. The molecular formula is C12H13ClN2O2. The number of halogens is 1. The van der Waals surface area contributed by atoms with Crippen molar-refractivity contribution in [3.8, 4) is 6.07 Å². The molecule has 1 aromatic carbocycles. The molecule has 4 nitrogen and oxygen atoms in total. The van der Waals surface area contributed by atoms with Crippen LogP contribution in [-0.4, -0.2) is 17.1 Å². The number of hydrogen-bond acceptors (Lipinski definition) is 3. The number of carbonyl (C=O) groups is 1. The van der Waals surface area contributed by atoms with Gasteiger partial charge in [0.2, 0.25) is 0 Å². The average Bonchev–Trinajstić information content (AvgIpc) is 2.30. The number of nitrogens with one attached hydrogen (secondary N) is 1. The second-order valence-electron chi connectivity index (χ2n) is 3.63. The van der Waals surface area contributed by atoms with E-state index in [1.165, 1.54) is 6.07 Å². The van der Waals surface area contributed by atoms with Gasteiger partial charge in [-0.2, -0.15) is 5.26 Å². The molecular weight excluding hydrogens is 240 g/mol. The number of hydrogen-bond donors (Lipinski definition) is 2. The van der Waals surface area contributed by atoms with E-state index in [1.54, 1.807) is 12.1 Å². The van der Waals surface area contributed by atoms with Crippen molar-refractivity contribution < 1.29 is 9.90 Å². The van der Waals surface area contributed by atoms with Gasteiger partial charge in [-0.3, -0.25) is 0 Å². The van der Waals surface area contributed by atoms with Gasteiger partial charge in [-0.05, 0) is 24.6 Å². The van der Waals surface area contributed by atoms with Gasteiger partial charge in [0.25, 0.3) is 0 Å². The van der Waals surface area contributed by atoms with Crippen LogP contribution in [-0.2, 0) is 4.79 Å². The molecule has 90 valence electrons. The van der Waals surface area contributed by atoms with E-state index in [1.807, 2.05) is 13.0 Å². The molecule has 1 unspecified atom stereocenters. The van der Waals surface area contributed by atoms with Gasteiger partial charge in [0, 0.05) is 5.02 Å². The molecule has 17 heavy (non-hydrogen) atoms. The zero-order valence-corrected chi connectivity index (χ0v) is 10.2. The third-order valence-corrected chi connectivity index (χ3v) is 2.54. The molecule has 0 radical (unpaired) electrons. The predicted octanol–water partition coefficient (Wildman–Crippen LogP) is 2.88. The van der Waals surface area contributed by atoms with E-state index in [2.05, 4.69) is 5.32 Å². The van der Waals surface area contributed by atoms with E-state index < -0.39 is 12.0 Å². The van der Waals surface area contributed by atoms with Gasteiger partial charge in [0.15, 0.2) is 0 Å². The van der Waals surface area contributed by atoms with E-state index >= 15 is 0 Å². The molecule has 2 N–H and O–H groups in total. The van der Waals surface area contributed by atoms with Gasteiger partial charge in [-0.25, -0.2) is 4.79 Å². The van der Waals surface area contributed by atoms with Crippen molar-refractivity contribution in [3.05, 3.63) is 28.8 Å². The fraction of sp³-hybridized carbons (Fsp3) is 0.333. The van der Waals surface area contributed by atoms with Gasteiger partial charge in [0.1, 0.15) is 12.1 Å². The molecule has 0 bridgehead atoms. The maximum atomic E-state index is 11.0. The minimum absolute atomic E-state index is 0.347. The number of carboxylic acids is 1. The van der Waals surface area contributed by atoms with Crippen molar-refractivity contribution in [2.75, 3.05) is 5.32 Å². The minimum Gasteiger partial charge on any atom is -0.480 e. The molecule has 1 atom stereocenters. The fourth-order valence-electron chi connectivity index (χ4n) is 1.47. The molecule has 0 aliphatic heterocycles. The highest BCUT2D eigenvalue weighted by atomic mass is 35.5. The van der Waals surface area contributed by atoms with Crippen molar-refractivity contribution in [2.24, 2.45) is 0 Å². The standard InChI is InChI=1S/C12H13ClN2O2/c1-2-3-11(12(16)17)15-10-5-4-9(13)6-8(10)7-14/h4-6,11,15H,2-3H2,1H3,(H,16,17). The number of rotatable bonds is 5. The summed E-state index contributed by atoms with van der Waals surface area (Å²) in [4.78, 5) is 11.0.